The summed E-state index contributed by atoms with van der Waals surface area (Å²) in [7, 11) is 1.64. The van der Waals surface area contributed by atoms with Crippen molar-refractivity contribution < 1.29 is 28.7 Å². The first-order valence-corrected chi connectivity index (χ1v) is 12.9. The predicted molar refractivity (Wildman–Crippen MR) is 147 cm³/mol. The van der Waals surface area contributed by atoms with Gasteiger partial charge < -0.3 is 30.3 Å². The molecule has 0 aromatic heterocycles. The molecule has 2 aromatic carbocycles. The zero-order valence-electron chi connectivity index (χ0n) is 23.2. The SMILES string of the molecule is CN(C(=O)C(C)(C)NC(=O)C1(NC(=O)C(C)(C)NC(=O)OCc2ccccc2)CCOCC1)c1ccccc1. The van der Waals surface area contributed by atoms with E-state index in [2.05, 4.69) is 16.0 Å². The highest BCUT2D eigenvalue weighted by molar-refractivity contribution is 6.03. The van der Waals surface area contributed by atoms with E-state index in [1.54, 1.807) is 33.0 Å². The third-order valence-corrected chi connectivity index (χ3v) is 6.74. The Balaban J connectivity index is 1.68. The molecule has 3 rings (SSSR count). The van der Waals surface area contributed by atoms with Crippen molar-refractivity contribution >= 4 is 29.5 Å². The van der Waals surface area contributed by atoms with Crippen molar-refractivity contribution in [3.63, 3.8) is 0 Å². The van der Waals surface area contributed by atoms with Crippen molar-refractivity contribution in [2.75, 3.05) is 25.2 Å². The van der Waals surface area contributed by atoms with Crippen LogP contribution in [0.2, 0.25) is 0 Å². The highest BCUT2D eigenvalue weighted by Crippen LogP contribution is 2.25. The van der Waals surface area contributed by atoms with E-state index in [9.17, 15) is 19.2 Å². The number of nitrogens with one attached hydrogen (secondary N) is 3. The normalized spacial score (nSPS) is 15.0. The van der Waals surface area contributed by atoms with Crippen LogP contribution in [0.15, 0.2) is 60.7 Å². The largest absolute Gasteiger partial charge is 0.445 e. The number of hydrogen-bond acceptors (Lipinski definition) is 6. The standard InChI is InChI=1S/C29H38N4O6/c1-27(2,32-26(37)39-20-21-12-8-6-9-13-21)23(34)31-29(16-18-38-19-17-29)24(35)30-28(3,4)25(36)33(5)22-14-10-7-11-15-22/h6-15H,16-20H2,1-5H3,(H,30,35)(H,31,34)(H,32,37). The van der Waals surface area contributed by atoms with Gasteiger partial charge in [0.25, 0.3) is 5.91 Å². The first-order chi connectivity index (χ1) is 18.4. The highest BCUT2D eigenvalue weighted by Gasteiger charge is 2.47. The van der Waals surface area contributed by atoms with Gasteiger partial charge in [0.2, 0.25) is 11.8 Å². The van der Waals surface area contributed by atoms with Crippen LogP contribution in [-0.4, -0.2) is 60.7 Å². The smallest absolute Gasteiger partial charge is 0.408 e. The van der Waals surface area contributed by atoms with Crippen molar-refractivity contribution in [1.82, 2.24) is 16.0 Å². The zero-order valence-corrected chi connectivity index (χ0v) is 23.2. The zero-order chi connectivity index (χ0) is 28.7. The van der Waals surface area contributed by atoms with E-state index in [-0.39, 0.29) is 38.6 Å². The van der Waals surface area contributed by atoms with Gasteiger partial charge in [-0.1, -0.05) is 48.5 Å². The lowest BCUT2D eigenvalue weighted by Gasteiger charge is -2.41. The molecule has 2 aromatic rings. The molecule has 1 saturated heterocycles. The number of ether oxygens (including phenoxy) is 2. The van der Waals surface area contributed by atoms with E-state index in [0.717, 1.165) is 5.56 Å². The molecule has 0 aliphatic carbocycles. The van der Waals surface area contributed by atoms with Crippen molar-refractivity contribution in [1.29, 1.82) is 0 Å². The van der Waals surface area contributed by atoms with Crippen LogP contribution in [0.25, 0.3) is 0 Å². The Bertz CT molecular complexity index is 1160. The summed E-state index contributed by atoms with van der Waals surface area (Å²) in [6.07, 6.45) is -0.351. The minimum absolute atomic E-state index is 0.0502. The number of anilines is 1. The molecule has 1 heterocycles. The van der Waals surface area contributed by atoms with Gasteiger partial charge in [0.15, 0.2) is 0 Å². The monoisotopic (exact) mass is 538 g/mol. The number of carbonyl (C=O) groups excluding carboxylic acids is 4. The Morgan fingerprint density at radius 2 is 1.44 bits per heavy atom. The van der Waals surface area contributed by atoms with Crippen LogP contribution in [-0.2, 0) is 30.5 Å². The Hall–Kier alpha value is -3.92. The van der Waals surface area contributed by atoms with E-state index in [1.165, 1.54) is 18.7 Å². The second-order valence-electron chi connectivity index (χ2n) is 10.7. The summed E-state index contributed by atoms with van der Waals surface area (Å²) >= 11 is 0. The number of amides is 4. The third-order valence-electron chi connectivity index (χ3n) is 6.74. The van der Waals surface area contributed by atoms with E-state index in [0.29, 0.717) is 5.69 Å². The highest BCUT2D eigenvalue weighted by atomic mass is 16.5. The van der Waals surface area contributed by atoms with Gasteiger partial charge >= 0.3 is 6.09 Å². The minimum Gasteiger partial charge on any atom is -0.445 e. The molecule has 10 heteroatoms. The van der Waals surface area contributed by atoms with Gasteiger partial charge in [0.05, 0.1) is 0 Å². The summed E-state index contributed by atoms with van der Waals surface area (Å²) in [5, 5.41) is 8.26. The average molecular weight is 539 g/mol. The van der Waals surface area contributed by atoms with E-state index in [4.69, 9.17) is 9.47 Å². The number of para-hydroxylation sites is 1. The molecule has 39 heavy (non-hydrogen) atoms. The lowest BCUT2D eigenvalue weighted by atomic mass is 9.86. The summed E-state index contributed by atoms with van der Waals surface area (Å²) < 4.78 is 10.7. The van der Waals surface area contributed by atoms with Crippen LogP contribution in [0.1, 0.15) is 46.1 Å². The number of likely N-dealkylation sites (N-methyl/N-ethyl adjacent to an activating group) is 1. The molecule has 10 nitrogen and oxygen atoms in total. The summed E-state index contributed by atoms with van der Waals surface area (Å²) in [4.78, 5) is 54.2. The summed E-state index contributed by atoms with van der Waals surface area (Å²) in [6.45, 7) is 6.84. The second-order valence-corrected chi connectivity index (χ2v) is 10.7. The quantitative estimate of drug-likeness (QED) is 0.451. The van der Waals surface area contributed by atoms with Crippen LogP contribution < -0.4 is 20.9 Å². The lowest BCUT2D eigenvalue weighted by molar-refractivity contribution is -0.142. The van der Waals surface area contributed by atoms with E-state index < -0.39 is 34.5 Å². The van der Waals surface area contributed by atoms with Crippen molar-refractivity contribution in [3.05, 3.63) is 66.2 Å². The maximum atomic E-state index is 13.7. The molecule has 0 spiro atoms. The lowest BCUT2D eigenvalue weighted by Crippen LogP contribution is -2.69. The predicted octanol–water partition coefficient (Wildman–Crippen LogP) is 2.91. The molecule has 0 bridgehead atoms. The Morgan fingerprint density at radius 3 is 2.03 bits per heavy atom. The number of carbonyl (C=O) groups is 4. The maximum Gasteiger partial charge on any atom is 0.408 e. The third kappa shape index (κ3) is 7.57. The van der Waals surface area contributed by atoms with Gasteiger partial charge in [-0.2, -0.15) is 0 Å². The molecular weight excluding hydrogens is 500 g/mol. The molecule has 0 unspecified atom stereocenters. The average Bonchev–Trinajstić information content (AvgIpc) is 2.92. The first-order valence-electron chi connectivity index (χ1n) is 12.9. The van der Waals surface area contributed by atoms with Crippen LogP contribution in [0, 0.1) is 0 Å². The van der Waals surface area contributed by atoms with Crippen molar-refractivity contribution in [2.45, 2.75) is 63.8 Å². The number of alkyl carbamates (subject to hydrolysis) is 1. The van der Waals surface area contributed by atoms with Crippen molar-refractivity contribution in [2.24, 2.45) is 0 Å². The van der Waals surface area contributed by atoms with Crippen LogP contribution >= 0.6 is 0 Å². The molecule has 1 fully saturated rings. The fourth-order valence-electron chi connectivity index (χ4n) is 4.22. The molecule has 4 amide bonds. The van der Waals surface area contributed by atoms with Gasteiger partial charge in [0.1, 0.15) is 23.2 Å². The molecular formula is C29H38N4O6. The van der Waals surface area contributed by atoms with Crippen molar-refractivity contribution in [3.8, 4) is 0 Å². The second kappa shape index (κ2) is 12.3. The van der Waals surface area contributed by atoms with E-state index in [1.807, 2.05) is 48.5 Å². The van der Waals surface area contributed by atoms with E-state index >= 15 is 0 Å². The minimum atomic E-state index is -1.39. The fourth-order valence-corrected chi connectivity index (χ4v) is 4.22. The summed E-state index contributed by atoms with van der Waals surface area (Å²) in [5.74, 6) is -1.39. The first kappa shape index (κ1) is 29.6. The molecule has 210 valence electrons. The topological polar surface area (TPSA) is 126 Å². The van der Waals surface area contributed by atoms with Gasteiger partial charge in [-0.05, 0) is 45.4 Å². The number of benzene rings is 2. The number of rotatable bonds is 9. The molecule has 0 saturated carbocycles. The van der Waals surface area contributed by atoms with Gasteiger partial charge in [0, 0.05) is 38.8 Å². The molecule has 0 atom stereocenters. The van der Waals surface area contributed by atoms with Gasteiger partial charge in [-0.3, -0.25) is 14.4 Å². The van der Waals surface area contributed by atoms with Crippen LogP contribution in [0.3, 0.4) is 0 Å². The molecule has 0 radical (unpaired) electrons. The summed E-state index contributed by atoms with van der Waals surface area (Å²) in [6, 6.07) is 18.3. The Kier molecular flexibility index (Phi) is 9.34. The Labute approximate surface area is 229 Å². The van der Waals surface area contributed by atoms with Crippen LogP contribution in [0.5, 0.6) is 0 Å². The number of hydrogen-bond donors (Lipinski definition) is 3. The molecule has 1 aliphatic heterocycles. The molecule has 1 aliphatic rings. The fraction of sp³-hybridized carbons (Fsp3) is 0.448. The molecule has 3 N–H and O–H groups in total. The Morgan fingerprint density at radius 1 is 0.872 bits per heavy atom. The maximum absolute atomic E-state index is 13.7. The van der Waals surface area contributed by atoms with Crippen LogP contribution in [0.4, 0.5) is 10.5 Å². The summed E-state index contributed by atoms with van der Waals surface area (Å²) in [5.41, 5.74) is -2.50. The number of nitrogens with zero attached hydrogens (tertiary/aromatic N) is 1. The van der Waals surface area contributed by atoms with Gasteiger partial charge in [-0.15, -0.1) is 0 Å². The van der Waals surface area contributed by atoms with Gasteiger partial charge in [-0.25, -0.2) is 4.79 Å².